The van der Waals surface area contributed by atoms with Gasteiger partial charge in [0.1, 0.15) is 0 Å². The second-order valence-corrected chi connectivity index (χ2v) is 7.24. The lowest BCUT2D eigenvalue weighted by molar-refractivity contribution is 0.0746. The summed E-state index contributed by atoms with van der Waals surface area (Å²) in [6.45, 7) is 5.33. The third-order valence-electron chi connectivity index (χ3n) is 4.02. The Kier molecular flexibility index (Phi) is 5.80. The summed E-state index contributed by atoms with van der Waals surface area (Å²) in [6.07, 6.45) is 1.81. The van der Waals surface area contributed by atoms with E-state index in [1.165, 1.54) is 0 Å². The molecule has 0 aliphatic carbocycles. The average molecular weight is 426 g/mol. The number of ether oxygens (including phenoxy) is 2. The highest BCUT2D eigenvalue weighted by molar-refractivity contribution is 9.10. The van der Waals surface area contributed by atoms with E-state index in [0.29, 0.717) is 41.2 Å². The number of rotatable bonds is 5. The lowest BCUT2D eigenvalue weighted by Gasteiger charge is -2.34. The van der Waals surface area contributed by atoms with Crippen LogP contribution in [0.4, 0.5) is 5.13 Å². The summed E-state index contributed by atoms with van der Waals surface area (Å²) < 4.78 is 11.7. The highest BCUT2D eigenvalue weighted by Gasteiger charge is 2.25. The standard InChI is InChI=1S/C17H20BrN3O3S/c1-3-24-14-11-12(10-13(18)15(14)23-2)16(22)20-5-7-21(8-6-20)17-19-4-9-25-17/h4,9-11H,3,5-8H2,1-2H3. The Morgan fingerprint density at radius 2 is 2.08 bits per heavy atom. The molecule has 1 aliphatic rings. The Morgan fingerprint density at radius 3 is 2.68 bits per heavy atom. The Hall–Kier alpha value is -1.80. The molecule has 25 heavy (non-hydrogen) atoms. The van der Waals surface area contributed by atoms with Gasteiger partial charge in [0.2, 0.25) is 0 Å². The van der Waals surface area contributed by atoms with E-state index in [9.17, 15) is 4.79 Å². The maximum atomic E-state index is 12.9. The van der Waals surface area contributed by atoms with E-state index in [4.69, 9.17) is 9.47 Å². The average Bonchev–Trinajstić information content (AvgIpc) is 3.16. The highest BCUT2D eigenvalue weighted by atomic mass is 79.9. The molecule has 134 valence electrons. The minimum Gasteiger partial charge on any atom is -0.492 e. The summed E-state index contributed by atoms with van der Waals surface area (Å²) in [5, 5.41) is 2.98. The van der Waals surface area contributed by atoms with Crippen molar-refractivity contribution in [2.24, 2.45) is 0 Å². The summed E-state index contributed by atoms with van der Waals surface area (Å²) in [5.41, 5.74) is 0.596. The molecule has 1 amide bonds. The zero-order valence-corrected chi connectivity index (χ0v) is 16.6. The van der Waals surface area contributed by atoms with Gasteiger partial charge in [-0.3, -0.25) is 4.79 Å². The summed E-state index contributed by atoms with van der Waals surface area (Å²) in [6, 6.07) is 3.54. The molecule has 8 heteroatoms. The van der Waals surface area contributed by atoms with Crippen LogP contribution in [0.2, 0.25) is 0 Å². The number of anilines is 1. The number of halogens is 1. The van der Waals surface area contributed by atoms with Crippen LogP contribution in [0.5, 0.6) is 11.5 Å². The summed E-state index contributed by atoms with van der Waals surface area (Å²) in [4.78, 5) is 21.3. The second kappa shape index (κ2) is 8.05. The number of benzene rings is 1. The highest BCUT2D eigenvalue weighted by Crippen LogP contribution is 2.37. The fraction of sp³-hybridized carbons (Fsp3) is 0.412. The van der Waals surface area contributed by atoms with Crippen molar-refractivity contribution in [1.29, 1.82) is 0 Å². The summed E-state index contributed by atoms with van der Waals surface area (Å²) in [7, 11) is 1.59. The molecule has 0 unspecified atom stereocenters. The van der Waals surface area contributed by atoms with Crippen LogP contribution in [0.15, 0.2) is 28.2 Å². The van der Waals surface area contributed by atoms with E-state index in [1.807, 2.05) is 23.4 Å². The Bertz CT molecular complexity index is 731. The molecule has 1 aromatic carbocycles. The largest absolute Gasteiger partial charge is 0.492 e. The summed E-state index contributed by atoms with van der Waals surface area (Å²) >= 11 is 5.09. The molecule has 0 atom stereocenters. The van der Waals surface area contributed by atoms with Gasteiger partial charge < -0.3 is 19.3 Å². The van der Waals surface area contributed by atoms with E-state index in [0.717, 1.165) is 18.2 Å². The first-order valence-electron chi connectivity index (χ1n) is 8.08. The molecular weight excluding hydrogens is 406 g/mol. The van der Waals surface area contributed by atoms with Gasteiger partial charge in [0.15, 0.2) is 16.6 Å². The van der Waals surface area contributed by atoms with Gasteiger partial charge in [-0.25, -0.2) is 4.98 Å². The second-order valence-electron chi connectivity index (χ2n) is 5.52. The number of nitrogens with zero attached hydrogens (tertiary/aromatic N) is 3. The SMILES string of the molecule is CCOc1cc(C(=O)N2CCN(c3nccs3)CC2)cc(Br)c1OC. The number of amides is 1. The van der Waals surface area contributed by atoms with Crippen LogP contribution in [0.25, 0.3) is 0 Å². The molecule has 0 radical (unpaired) electrons. The first-order valence-corrected chi connectivity index (χ1v) is 9.75. The van der Waals surface area contributed by atoms with Crippen LogP contribution in [-0.4, -0.2) is 55.7 Å². The number of piperazine rings is 1. The molecule has 6 nitrogen and oxygen atoms in total. The number of carbonyl (C=O) groups is 1. The normalized spacial score (nSPS) is 14.5. The third-order valence-corrected chi connectivity index (χ3v) is 5.44. The van der Waals surface area contributed by atoms with Gasteiger partial charge in [0.25, 0.3) is 5.91 Å². The van der Waals surface area contributed by atoms with Crippen molar-refractivity contribution >= 4 is 38.3 Å². The third kappa shape index (κ3) is 3.90. The predicted molar refractivity (Wildman–Crippen MR) is 102 cm³/mol. The smallest absolute Gasteiger partial charge is 0.254 e. The van der Waals surface area contributed by atoms with Crippen LogP contribution < -0.4 is 14.4 Å². The first-order chi connectivity index (χ1) is 12.1. The van der Waals surface area contributed by atoms with Crippen molar-refractivity contribution in [3.05, 3.63) is 33.7 Å². The molecule has 1 aromatic heterocycles. The predicted octanol–water partition coefficient (Wildman–Crippen LogP) is 3.28. The minimum atomic E-state index is 0.00287. The Morgan fingerprint density at radius 1 is 1.32 bits per heavy atom. The van der Waals surface area contributed by atoms with Gasteiger partial charge in [0, 0.05) is 43.3 Å². The van der Waals surface area contributed by atoms with Crippen molar-refractivity contribution in [2.45, 2.75) is 6.92 Å². The van der Waals surface area contributed by atoms with Gasteiger partial charge in [-0.2, -0.15) is 0 Å². The molecule has 0 saturated carbocycles. The van der Waals surface area contributed by atoms with Crippen molar-refractivity contribution < 1.29 is 14.3 Å². The van der Waals surface area contributed by atoms with Gasteiger partial charge in [-0.15, -0.1) is 11.3 Å². The van der Waals surface area contributed by atoms with Crippen LogP contribution >= 0.6 is 27.3 Å². The quantitative estimate of drug-likeness (QED) is 0.735. The van der Waals surface area contributed by atoms with E-state index >= 15 is 0 Å². The van der Waals surface area contributed by atoms with Gasteiger partial charge >= 0.3 is 0 Å². The van der Waals surface area contributed by atoms with Crippen LogP contribution in [-0.2, 0) is 0 Å². The van der Waals surface area contributed by atoms with Crippen LogP contribution in [0, 0.1) is 0 Å². The fourth-order valence-electron chi connectivity index (χ4n) is 2.81. The molecule has 2 aromatic rings. The molecule has 0 bridgehead atoms. The maximum Gasteiger partial charge on any atom is 0.254 e. The van der Waals surface area contributed by atoms with Crippen molar-refractivity contribution in [1.82, 2.24) is 9.88 Å². The Labute approximate surface area is 159 Å². The topological polar surface area (TPSA) is 54.9 Å². The van der Waals surface area contributed by atoms with E-state index in [-0.39, 0.29) is 5.91 Å². The number of carbonyl (C=O) groups excluding carboxylic acids is 1. The lowest BCUT2D eigenvalue weighted by atomic mass is 10.1. The molecule has 0 spiro atoms. The van der Waals surface area contributed by atoms with Gasteiger partial charge in [0.05, 0.1) is 18.2 Å². The Balaban J connectivity index is 1.73. The van der Waals surface area contributed by atoms with Crippen LogP contribution in [0.1, 0.15) is 17.3 Å². The van der Waals surface area contributed by atoms with Crippen molar-refractivity contribution in [3.63, 3.8) is 0 Å². The van der Waals surface area contributed by atoms with Crippen molar-refractivity contribution in [3.8, 4) is 11.5 Å². The molecule has 1 fully saturated rings. The van der Waals surface area contributed by atoms with Crippen molar-refractivity contribution in [2.75, 3.05) is 44.8 Å². The number of hydrogen-bond donors (Lipinski definition) is 0. The maximum absolute atomic E-state index is 12.9. The number of thiazole rings is 1. The molecule has 2 heterocycles. The number of methoxy groups -OCH3 is 1. The first kappa shape index (κ1) is 18.0. The van der Waals surface area contributed by atoms with E-state index in [1.54, 1.807) is 30.6 Å². The van der Waals surface area contributed by atoms with E-state index in [2.05, 4.69) is 25.8 Å². The van der Waals surface area contributed by atoms with Gasteiger partial charge in [-0.1, -0.05) is 0 Å². The molecule has 1 saturated heterocycles. The zero-order chi connectivity index (χ0) is 17.8. The molecule has 3 rings (SSSR count). The molecule has 0 N–H and O–H groups in total. The number of hydrogen-bond acceptors (Lipinski definition) is 6. The van der Waals surface area contributed by atoms with Gasteiger partial charge in [-0.05, 0) is 35.0 Å². The lowest BCUT2D eigenvalue weighted by Crippen LogP contribution is -2.48. The fourth-order valence-corrected chi connectivity index (χ4v) is 4.11. The monoisotopic (exact) mass is 425 g/mol. The molecule has 1 aliphatic heterocycles. The minimum absolute atomic E-state index is 0.00287. The summed E-state index contributed by atoms with van der Waals surface area (Å²) in [5.74, 6) is 1.18. The molecular formula is C17H20BrN3O3S. The van der Waals surface area contributed by atoms with E-state index < -0.39 is 0 Å². The number of aromatic nitrogens is 1. The van der Waals surface area contributed by atoms with Crippen LogP contribution in [0.3, 0.4) is 0 Å². The zero-order valence-electron chi connectivity index (χ0n) is 14.2.